The van der Waals surface area contributed by atoms with Gasteiger partial charge < -0.3 is 10.0 Å². The zero-order valence-electron chi connectivity index (χ0n) is 15.8. The molecule has 3 aromatic rings. The van der Waals surface area contributed by atoms with Gasteiger partial charge in [0.1, 0.15) is 0 Å². The number of rotatable bonds is 5. The Balaban J connectivity index is 1.43. The quantitative estimate of drug-likeness (QED) is 0.722. The summed E-state index contributed by atoms with van der Waals surface area (Å²) in [7, 11) is 0. The first-order valence-corrected chi connectivity index (χ1v) is 9.53. The lowest BCUT2D eigenvalue weighted by Gasteiger charge is -2.27. The molecular weight excluding hydrogens is 358 g/mol. The van der Waals surface area contributed by atoms with Crippen LogP contribution in [0.1, 0.15) is 37.3 Å². The number of carbonyl (C=O) groups is 1. The zero-order chi connectivity index (χ0) is 19.7. The van der Waals surface area contributed by atoms with Gasteiger partial charge in [0.15, 0.2) is 0 Å². The highest BCUT2D eigenvalue weighted by Gasteiger charge is 2.23. The van der Waals surface area contributed by atoms with E-state index in [4.69, 9.17) is 0 Å². The normalized spacial score (nSPS) is 14.9. The predicted molar refractivity (Wildman–Crippen MR) is 104 cm³/mol. The maximum Gasteiger partial charge on any atom is 0.261 e. The Hall–Kier alpha value is -3.00. The summed E-state index contributed by atoms with van der Waals surface area (Å²) >= 11 is 0. The van der Waals surface area contributed by atoms with E-state index in [0.29, 0.717) is 49.2 Å². The fourth-order valence-corrected chi connectivity index (χ4v) is 3.51. The first-order valence-electron chi connectivity index (χ1n) is 9.53. The third-order valence-electron chi connectivity index (χ3n) is 5.20. The summed E-state index contributed by atoms with van der Waals surface area (Å²) in [5, 5.41) is 15.0. The molecule has 1 N–H and O–H groups in total. The minimum absolute atomic E-state index is 0.00917. The molecule has 1 aromatic carbocycles. The van der Waals surface area contributed by atoms with Gasteiger partial charge in [0, 0.05) is 19.5 Å². The number of amides is 1. The highest BCUT2D eigenvalue weighted by molar-refractivity contribution is 5.77. The average Bonchev–Trinajstić information content (AvgIpc) is 3.16. The van der Waals surface area contributed by atoms with E-state index in [1.807, 2.05) is 29.8 Å². The van der Waals surface area contributed by atoms with Crippen LogP contribution in [-0.2, 0) is 24.4 Å². The van der Waals surface area contributed by atoms with Gasteiger partial charge >= 0.3 is 0 Å². The Morgan fingerprint density at radius 1 is 1.29 bits per heavy atom. The summed E-state index contributed by atoms with van der Waals surface area (Å²) in [4.78, 5) is 31.3. The lowest BCUT2D eigenvalue weighted by molar-refractivity contribution is -0.133. The van der Waals surface area contributed by atoms with Crippen molar-refractivity contribution < 1.29 is 9.90 Å². The average molecular weight is 381 g/mol. The van der Waals surface area contributed by atoms with E-state index in [-0.39, 0.29) is 17.9 Å². The standard InChI is InChI=1S/C20H23N5O3/c1-2-18(26)17-11-14-12-23(9-10-25(14)22-17)19(27)7-8-24-13-21-16-6-4-3-5-15(16)20(24)28/h3-6,11,13,18,26H,2,7-10,12H2,1H3/t18-/m1/s1. The molecule has 0 aliphatic carbocycles. The van der Waals surface area contributed by atoms with E-state index in [1.54, 1.807) is 17.0 Å². The molecule has 0 fully saturated rings. The maximum absolute atomic E-state index is 12.7. The Kier molecular flexibility index (Phi) is 4.95. The summed E-state index contributed by atoms with van der Waals surface area (Å²) in [6, 6.07) is 9.06. The van der Waals surface area contributed by atoms with Gasteiger partial charge in [0.2, 0.25) is 5.91 Å². The highest BCUT2D eigenvalue weighted by Crippen LogP contribution is 2.20. The largest absolute Gasteiger partial charge is 0.387 e. The van der Waals surface area contributed by atoms with Gasteiger partial charge in [-0.3, -0.25) is 18.8 Å². The number of para-hydroxylation sites is 1. The van der Waals surface area contributed by atoms with E-state index in [9.17, 15) is 14.7 Å². The number of hydrogen-bond donors (Lipinski definition) is 1. The van der Waals surface area contributed by atoms with Crippen LogP contribution in [-0.4, -0.2) is 41.8 Å². The summed E-state index contributed by atoms with van der Waals surface area (Å²) in [6.45, 7) is 3.84. The highest BCUT2D eigenvalue weighted by atomic mass is 16.3. The van der Waals surface area contributed by atoms with E-state index in [1.165, 1.54) is 10.9 Å². The lowest BCUT2D eigenvalue weighted by Crippen LogP contribution is -2.39. The van der Waals surface area contributed by atoms with Gasteiger partial charge in [0.25, 0.3) is 5.56 Å². The summed E-state index contributed by atoms with van der Waals surface area (Å²) in [5.74, 6) is -0.00917. The molecule has 146 valence electrons. The predicted octanol–water partition coefficient (Wildman–Crippen LogP) is 1.47. The van der Waals surface area contributed by atoms with Crippen LogP contribution in [0.25, 0.3) is 10.9 Å². The van der Waals surface area contributed by atoms with Gasteiger partial charge in [-0.15, -0.1) is 0 Å². The Labute approximate surface area is 162 Å². The molecule has 1 atom stereocenters. The minimum Gasteiger partial charge on any atom is -0.387 e. The van der Waals surface area contributed by atoms with Crippen molar-refractivity contribution >= 4 is 16.8 Å². The third-order valence-corrected chi connectivity index (χ3v) is 5.20. The van der Waals surface area contributed by atoms with Crippen LogP contribution in [0, 0.1) is 0 Å². The van der Waals surface area contributed by atoms with Gasteiger partial charge in [-0.1, -0.05) is 19.1 Å². The number of nitrogens with zero attached hydrogens (tertiary/aromatic N) is 5. The summed E-state index contributed by atoms with van der Waals surface area (Å²) in [6.07, 6.45) is 1.77. The molecule has 0 saturated carbocycles. The van der Waals surface area contributed by atoms with Crippen molar-refractivity contribution in [2.45, 2.75) is 45.5 Å². The molecule has 0 saturated heterocycles. The molecule has 1 aliphatic rings. The second kappa shape index (κ2) is 7.55. The Morgan fingerprint density at radius 2 is 2.11 bits per heavy atom. The monoisotopic (exact) mass is 381 g/mol. The van der Waals surface area contributed by atoms with E-state index < -0.39 is 6.10 Å². The summed E-state index contributed by atoms with van der Waals surface area (Å²) < 4.78 is 3.35. The van der Waals surface area contributed by atoms with Crippen LogP contribution in [0.2, 0.25) is 0 Å². The molecule has 3 heterocycles. The molecule has 0 spiro atoms. The summed E-state index contributed by atoms with van der Waals surface area (Å²) in [5.41, 5.74) is 2.10. The lowest BCUT2D eigenvalue weighted by atomic mass is 10.2. The van der Waals surface area contributed by atoms with Crippen LogP contribution in [0.15, 0.2) is 41.5 Å². The van der Waals surface area contributed by atoms with Crippen LogP contribution < -0.4 is 5.56 Å². The van der Waals surface area contributed by atoms with Crippen molar-refractivity contribution in [3.63, 3.8) is 0 Å². The van der Waals surface area contributed by atoms with Crippen molar-refractivity contribution in [1.82, 2.24) is 24.2 Å². The van der Waals surface area contributed by atoms with E-state index >= 15 is 0 Å². The molecule has 8 heteroatoms. The van der Waals surface area contributed by atoms with Crippen LogP contribution in [0.4, 0.5) is 0 Å². The van der Waals surface area contributed by atoms with Crippen molar-refractivity contribution in [3.05, 3.63) is 58.4 Å². The Bertz CT molecular complexity index is 1070. The first-order chi connectivity index (χ1) is 13.6. The van der Waals surface area contributed by atoms with Gasteiger partial charge in [-0.05, 0) is 24.6 Å². The minimum atomic E-state index is -0.575. The second-order valence-electron chi connectivity index (χ2n) is 7.03. The van der Waals surface area contributed by atoms with Crippen molar-refractivity contribution in [2.24, 2.45) is 0 Å². The molecule has 4 rings (SSSR count). The third kappa shape index (κ3) is 3.43. The molecule has 1 amide bonds. The second-order valence-corrected chi connectivity index (χ2v) is 7.03. The molecule has 0 bridgehead atoms. The molecular formula is C20H23N5O3. The van der Waals surface area contributed by atoms with Crippen molar-refractivity contribution in [3.8, 4) is 0 Å². The zero-order valence-corrected chi connectivity index (χ0v) is 15.8. The van der Waals surface area contributed by atoms with Gasteiger partial charge in [0.05, 0.1) is 47.8 Å². The first kappa shape index (κ1) is 18.4. The Morgan fingerprint density at radius 3 is 2.93 bits per heavy atom. The van der Waals surface area contributed by atoms with Gasteiger partial charge in [-0.2, -0.15) is 5.10 Å². The molecule has 2 aromatic heterocycles. The topological polar surface area (TPSA) is 93.2 Å². The smallest absolute Gasteiger partial charge is 0.261 e. The van der Waals surface area contributed by atoms with Crippen molar-refractivity contribution in [1.29, 1.82) is 0 Å². The van der Waals surface area contributed by atoms with E-state index in [2.05, 4.69) is 10.1 Å². The number of aryl methyl sites for hydroxylation is 1. The van der Waals surface area contributed by atoms with Crippen LogP contribution in [0.5, 0.6) is 0 Å². The molecule has 8 nitrogen and oxygen atoms in total. The fraction of sp³-hybridized carbons (Fsp3) is 0.400. The number of aliphatic hydroxyl groups excluding tert-OH is 1. The number of benzene rings is 1. The number of aromatic nitrogens is 4. The number of hydrogen-bond acceptors (Lipinski definition) is 5. The number of aliphatic hydroxyl groups is 1. The maximum atomic E-state index is 12.7. The van der Waals surface area contributed by atoms with Crippen LogP contribution in [0.3, 0.4) is 0 Å². The number of fused-ring (bicyclic) bond motifs is 2. The molecule has 28 heavy (non-hydrogen) atoms. The SMILES string of the molecule is CC[C@@H](O)c1cc2n(n1)CCN(C(=O)CCn1cnc3ccccc3c1=O)C2. The number of carbonyl (C=O) groups excluding carboxylic acids is 1. The molecule has 0 unspecified atom stereocenters. The van der Waals surface area contributed by atoms with E-state index in [0.717, 1.165) is 5.69 Å². The molecule has 0 radical (unpaired) electrons. The fourth-order valence-electron chi connectivity index (χ4n) is 3.51. The van der Waals surface area contributed by atoms with Crippen LogP contribution >= 0.6 is 0 Å². The molecule has 1 aliphatic heterocycles. The van der Waals surface area contributed by atoms with Crippen molar-refractivity contribution in [2.75, 3.05) is 6.54 Å². The van der Waals surface area contributed by atoms with Gasteiger partial charge in [-0.25, -0.2) is 4.98 Å².